The molecule has 2 aromatic carbocycles. The van der Waals surface area contributed by atoms with Crippen LogP contribution in [0.2, 0.25) is 0 Å². The van der Waals surface area contributed by atoms with Crippen molar-refractivity contribution in [2.75, 3.05) is 31.5 Å². The lowest BCUT2D eigenvalue weighted by Gasteiger charge is -2.33. The summed E-state index contributed by atoms with van der Waals surface area (Å²) in [5.74, 6) is -0.626. The number of carbonyl (C=O) groups excluding carboxylic acids is 2. The first kappa shape index (κ1) is 28.7. The highest BCUT2D eigenvalue weighted by Crippen LogP contribution is 2.26. The van der Waals surface area contributed by atoms with Crippen molar-refractivity contribution >= 4 is 27.7 Å². The van der Waals surface area contributed by atoms with Gasteiger partial charge in [0.1, 0.15) is 12.6 Å². The molecule has 0 heterocycles. The van der Waals surface area contributed by atoms with E-state index in [0.29, 0.717) is 18.7 Å². The molecule has 0 aromatic heterocycles. The van der Waals surface area contributed by atoms with Gasteiger partial charge in [0.15, 0.2) is 0 Å². The van der Waals surface area contributed by atoms with Gasteiger partial charge in [-0.25, -0.2) is 4.31 Å². The number of aryl methyl sites for hydroxylation is 2. The molecule has 3 rings (SSSR count). The Kier molecular flexibility index (Phi) is 9.73. The zero-order chi connectivity index (χ0) is 27.2. The Labute approximate surface area is 221 Å². The Morgan fingerprint density at radius 1 is 1.03 bits per heavy atom. The molecule has 1 aliphatic carbocycles. The molecule has 2 amide bonds. The molecule has 1 aliphatic rings. The van der Waals surface area contributed by atoms with Crippen LogP contribution in [0.15, 0.2) is 48.5 Å². The van der Waals surface area contributed by atoms with E-state index >= 15 is 0 Å². The highest BCUT2D eigenvalue weighted by molar-refractivity contribution is 7.90. The van der Waals surface area contributed by atoms with Gasteiger partial charge in [-0.1, -0.05) is 55.3 Å². The maximum absolute atomic E-state index is 13.8. The number of nitrogens with zero attached hydrogens (tertiary/aromatic N) is 3. The van der Waals surface area contributed by atoms with Crippen molar-refractivity contribution in [1.82, 2.24) is 14.5 Å². The summed E-state index contributed by atoms with van der Waals surface area (Å²) in [6.07, 6.45) is 4.61. The van der Waals surface area contributed by atoms with Crippen LogP contribution in [0, 0.1) is 13.8 Å². The summed E-state index contributed by atoms with van der Waals surface area (Å²) < 4.78 is 29.0. The summed E-state index contributed by atoms with van der Waals surface area (Å²) in [6, 6.07) is 14.7. The number of anilines is 1. The Morgan fingerprint density at radius 3 is 2.30 bits per heavy atom. The quantitative estimate of drug-likeness (QED) is 0.484. The molecule has 1 fully saturated rings. The lowest BCUT2D eigenvalue weighted by Crippen LogP contribution is -2.54. The largest absolute Gasteiger partial charge is 0.352 e. The molecule has 0 saturated heterocycles. The first-order chi connectivity index (χ1) is 17.5. The molecule has 1 atom stereocenters. The van der Waals surface area contributed by atoms with E-state index < -0.39 is 28.7 Å². The van der Waals surface area contributed by atoms with E-state index in [-0.39, 0.29) is 11.9 Å². The maximum Gasteiger partial charge on any atom is 0.304 e. The van der Waals surface area contributed by atoms with Crippen molar-refractivity contribution in [1.29, 1.82) is 0 Å². The van der Waals surface area contributed by atoms with Crippen molar-refractivity contribution in [3.63, 3.8) is 0 Å². The predicted molar refractivity (Wildman–Crippen MR) is 148 cm³/mol. The maximum atomic E-state index is 13.8. The van der Waals surface area contributed by atoms with E-state index in [4.69, 9.17) is 0 Å². The zero-order valence-electron chi connectivity index (χ0n) is 22.6. The average Bonchev–Trinajstić information content (AvgIpc) is 3.37. The van der Waals surface area contributed by atoms with Crippen LogP contribution >= 0.6 is 0 Å². The van der Waals surface area contributed by atoms with Crippen LogP contribution in [-0.2, 0) is 26.2 Å². The fraction of sp³-hybridized carbons (Fsp3) is 0.500. The second-order valence-corrected chi connectivity index (χ2v) is 12.1. The number of rotatable bonds is 11. The second-order valence-electron chi connectivity index (χ2n) is 10.1. The fourth-order valence-corrected chi connectivity index (χ4v) is 5.77. The van der Waals surface area contributed by atoms with E-state index in [1.54, 1.807) is 13.0 Å². The van der Waals surface area contributed by atoms with E-state index in [9.17, 15) is 18.0 Å². The highest BCUT2D eigenvalue weighted by atomic mass is 32.2. The van der Waals surface area contributed by atoms with Crippen LogP contribution in [0.3, 0.4) is 0 Å². The van der Waals surface area contributed by atoms with Crippen LogP contribution in [0.5, 0.6) is 0 Å². The lowest BCUT2D eigenvalue weighted by molar-refractivity contribution is -0.139. The first-order valence-corrected chi connectivity index (χ1v) is 14.3. The number of carbonyl (C=O) groups is 2. The van der Waals surface area contributed by atoms with Crippen molar-refractivity contribution < 1.29 is 18.0 Å². The van der Waals surface area contributed by atoms with E-state index in [1.165, 1.54) is 19.0 Å². The third kappa shape index (κ3) is 7.32. The number of benzene rings is 2. The van der Waals surface area contributed by atoms with Gasteiger partial charge in [-0.15, -0.1) is 0 Å². The topological polar surface area (TPSA) is 90.0 Å². The molecule has 1 unspecified atom stereocenters. The summed E-state index contributed by atoms with van der Waals surface area (Å²) in [7, 11) is -1.08. The molecule has 0 spiro atoms. The minimum Gasteiger partial charge on any atom is -0.352 e. The SMILES string of the molecule is Cc1ccc(C)c(N(CC(=O)N(CCc2ccccc2)C(C)C(=O)NC2CCCC2)S(=O)(=O)N(C)C)c1. The van der Waals surface area contributed by atoms with Crippen LogP contribution in [0.1, 0.15) is 49.3 Å². The van der Waals surface area contributed by atoms with E-state index in [1.807, 2.05) is 56.3 Å². The summed E-state index contributed by atoms with van der Waals surface area (Å²) >= 11 is 0. The van der Waals surface area contributed by atoms with Crippen molar-refractivity contribution in [3.8, 4) is 0 Å². The molecule has 8 nitrogen and oxygen atoms in total. The Balaban J connectivity index is 1.91. The lowest BCUT2D eigenvalue weighted by atomic mass is 10.1. The van der Waals surface area contributed by atoms with Gasteiger partial charge in [-0.3, -0.25) is 9.59 Å². The van der Waals surface area contributed by atoms with Gasteiger partial charge in [0.05, 0.1) is 5.69 Å². The minimum atomic E-state index is -3.97. The molecule has 2 aromatic rings. The molecule has 1 saturated carbocycles. The Morgan fingerprint density at radius 2 is 1.68 bits per heavy atom. The van der Waals surface area contributed by atoms with Crippen LogP contribution < -0.4 is 9.62 Å². The van der Waals surface area contributed by atoms with Gasteiger partial charge in [0.2, 0.25) is 11.8 Å². The van der Waals surface area contributed by atoms with Gasteiger partial charge in [-0.05, 0) is 62.8 Å². The second kappa shape index (κ2) is 12.6. The smallest absolute Gasteiger partial charge is 0.304 e. The van der Waals surface area contributed by atoms with Crippen LogP contribution in [0.25, 0.3) is 0 Å². The summed E-state index contributed by atoms with van der Waals surface area (Å²) in [5.41, 5.74) is 3.12. The Hall–Kier alpha value is -2.91. The summed E-state index contributed by atoms with van der Waals surface area (Å²) in [5, 5.41) is 3.09. The van der Waals surface area contributed by atoms with Crippen molar-refractivity contribution in [3.05, 3.63) is 65.2 Å². The normalized spacial score (nSPS) is 15.0. The van der Waals surface area contributed by atoms with Gasteiger partial charge < -0.3 is 10.2 Å². The average molecular weight is 529 g/mol. The highest BCUT2D eigenvalue weighted by Gasteiger charge is 2.33. The molecule has 9 heteroatoms. The monoisotopic (exact) mass is 528 g/mol. The van der Waals surface area contributed by atoms with Gasteiger partial charge in [0, 0.05) is 26.7 Å². The molecule has 37 heavy (non-hydrogen) atoms. The fourth-order valence-electron chi connectivity index (χ4n) is 4.65. The molecule has 202 valence electrons. The molecule has 0 bridgehead atoms. The van der Waals surface area contributed by atoms with Gasteiger partial charge >= 0.3 is 10.2 Å². The third-order valence-electron chi connectivity index (χ3n) is 7.01. The summed E-state index contributed by atoms with van der Waals surface area (Å²) in [6.45, 7) is 5.32. The number of hydrogen-bond acceptors (Lipinski definition) is 4. The van der Waals surface area contributed by atoms with Crippen LogP contribution in [0.4, 0.5) is 5.69 Å². The first-order valence-electron chi connectivity index (χ1n) is 12.9. The number of hydrogen-bond donors (Lipinski definition) is 1. The molecule has 0 aliphatic heterocycles. The van der Waals surface area contributed by atoms with Crippen LogP contribution in [-0.4, -0.2) is 68.7 Å². The molecule has 1 N–H and O–H groups in total. The molecule has 0 radical (unpaired) electrons. The Bertz CT molecular complexity index is 1180. The van der Waals surface area contributed by atoms with Crippen molar-refractivity contribution in [2.24, 2.45) is 0 Å². The predicted octanol–water partition coefficient (Wildman–Crippen LogP) is 3.43. The van der Waals surface area contributed by atoms with Gasteiger partial charge in [0.25, 0.3) is 0 Å². The third-order valence-corrected chi connectivity index (χ3v) is 8.81. The molecular formula is C28H40N4O4S. The standard InChI is InChI=1S/C28H40N4O4S/c1-21-15-16-22(2)26(19-21)32(37(35,36)30(4)5)20-27(33)31(18-17-24-11-7-6-8-12-24)23(3)28(34)29-25-13-9-10-14-25/h6-8,11-12,15-16,19,23,25H,9-10,13-14,17-18,20H2,1-5H3,(H,29,34). The minimum absolute atomic E-state index is 0.126. The van der Waals surface area contributed by atoms with E-state index in [0.717, 1.165) is 51.0 Å². The zero-order valence-corrected chi connectivity index (χ0v) is 23.4. The number of amides is 2. The van der Waals surface area contributed by atoms with E-state index in [2.05, 4.69) is 5.32 Å². The van der Waals surface area contributed by atoms with Crippen molar-refractivity contribution in [2.45, 2.75) is 65.0 Å². The summed E-state index contributed by atoms with van der Waals surface area (Å²) in [4.78, 5) is 28.5. The van der Waals surface area contributed by atoms with Gasteiger partial charge in [-0.2, -0.15) is 12.7 Å². The number of nitrogens with one attached hydrogen (secondary N) is 1. The molecular weight excluding hydrogens is 488 g/mol.